The Morgan fingerprint density at radius 2 is 2.15 bits per heavy atom. The van der Waals surface area contributed by atoms with Gasteiger partial charge in [0.15, 0.2) is 0 Å². The Hall–Kier alpha value is -1.38. The molecule has 1 heterocycles. The topological polar surface area (TPSA) is 89.1 Å². The van der Waals surface area contributed by atoms with Crippen molar-refractivity contribution in [2.24, 2.45) is 5.92 Å². The molecule has 2 unspecified atom stereocenters. The molecule has 8 heteroatoms. The van der Waals surface area contributed by atoms with Gasteiger partial charge in [-0.3, -0.25) is 8.98 Å². The van der Waals surface area contributed by atoms with Crippen LogP contribution in [0, 0.1) is 12.8 Å². The van der Waals surface area contributed by atoms with E-state index >= 15 is 0 Å². The first-order chi connectivity index (χ1) is 12.3. The Kier molecular flexibility index (Phi) is 6.04. The second-order valence-corrected chi connectivity index (χ2v) is 9.87. The molecule has 3 rings (SSSR count). The molecule has 142 valence electrons. The van der Waals surface area contributed by atoms with Gasteiger partial charge in [-0.05, 0) is 43.7 Å². The van der Waals surface area contributed by atoms with Crippen LogP contribution in [0.3, 0.4) is 0 Å². The molecule has 1 N–H and O–H groups in total. The van der Waals surface area contributed by atoms with Crippen LogP contribution in [-0.4, -0.2) is 36.5 Å². The first-order valence-electron chi connectivity index (χ1n) is 8.76. The Bertz CT molecular complexity index is 940. The lowest BCUT2D eigenvalue weighted by Crippen LogP contribution is -2.23. The van der Waals surface area contributed by atoms with E-state index in [9.17, 15) is 13.2 Å². The van der Waals surface area contributed by atoms with Gasteiger partial charge >= 0.3 is 0 Å². The predicted octanol–water partition coefficient (Wildman–Crippen LogP) is 3.00. The van der Waals surface area contributed by atoms with E-state index < -0.39 is 10.1 Å². The second kappa shape index (κ2) is 8.10. The van der Waals surface area contributed by atoms with Gasteiger partial charge in [0.05, 0.1) is 29.5 Å². The van der Waals surface area contributed by atoms with E-state index in [0.717, 1.165) is 43.0 Å². The number of nitrogens with one attached hydrogen (secondary N) is 1. The van der Waals surface area contributed by atoms with Crippen molar-refractivity contribution < 1.29 is 12.6 Å². The molecule has 26 heavy (non-hydrogen) atoms. The van der Waals surface area contributed by atoms with Crippen molar-refractivity contribution in [2.45, 2.75) is 43.6 Å². The lowest BCUT2D eigenvalue weighted by molar-refractivity contribution is 0.218. The molecule has 2 aromatic rings. The third kappa shape index (κ3) is 5.08. The van der Waals surface area contributed by atoms with Gasteiger partial charge in [0.2, 0.25) is 0 Å². The number of benzene rings is 1. The smallest absolute Gasteiger partial charge is 0.264 e. The number of para-hydroxylation sites is 1. The van der Waals surface area contributed by atoms with Crippen molar-refractivity contribution in [3.8, 4) is 0 Å². The van der Waals surface area contributed by atoms with Gasteiger partial charge in [-0.15, -0.1) is 0 Å². The molecule has 0 amide bonds. The molecule has 6 nitrogen and oxygen atoms in total. The number of hydrogen-bond donors (Lipinski definition) is 1. The third-order valence-corrected chi connectivity index (χ3v) is 6.60. The lowest BCUT2D eigenvalue weighted by atomic mass is 9.90. The molecule has 0 spiro atoms. The zero-order valence-corrected chi connectivity index (χ0v) is 16.7. The van der Waals surface area contributed by atoms with Gasteiger partial charge in [-0.2, -0.15) is 20.2 Å². The molecule has 1 aliphatic carbocycles. The monoisotopic (exact) mass is 396 g/mol. The molecular weight excluding hydrogens is 372 g/mol. The van der Waals surface area contributed by atoms with Crippen molar-refractivity contribution in [3.63, 3.8) is 0 Å². The highest BCUT2D eigenvalue weighted by Gasteiger charge is 2.24. The van der Waals surface area contributed by atoms with Crippen LogP contribution in [0.5, 0.6) is 0 Å². The second-order valence-electron chi connectivity index (χ2n) is 6.94. The van der Waals surface area contributed by atoms with Crippen molar-refractivity contribution >= 4 is 32.8 Å². The molecule has 1 aromatic carbocycles. The van der Waals surface area contributed by atoms with E-state index in [1.165, 1.54) is 0 Å². The number of aromatic amines is 1. The first-order valence-corrected chi connectivity index (χ1v) is 11.6. The number of aryl methyl sites for hydroxylation is 1. The van der Waals surface area contributed by atoms with Gasteiger partial charge in [-0.25, -0.2) is 4.98 Å². The molecule has 1 aliphatic rings. The fraction of sp³-hybridized carbons (Fsp3) is 0.556. The minimum atomic E-state index is -3.38. The highest BCUT2D eigenvalue weighted by atomic mass is 32.2. The van der Waals surface area contributed by atoms with Crippen LogP contribution in [0.15, 0.2) is 23.0 Å². The summed E-state index contributed by atoms with van der Waals surface area (Å²) in [6, 6.07) is 5.61. The van der Waals surface area contributed by atoms with E-state index in [-0.39, 0.29) is 18.1 Å². The Labute approximate surface area is 157 Å². The third-order valence-electron chi connectivity index (χ3n) is 4.70. The van der Waals surface area contributed by atoms with Crippen LogP contribution in [0.2, 0.25) is 0 Å². The van der Waals surface area contributed by atoms with Crippen molar-refractivity contribution in [1.29, 1.82) is 0 Å². The number of rotatable bonds is 6. The number of fused-ring (bicyclic) bond motifs is 1. The van der Waals surface area contributed by atoms with Crippen LogP contribution >= 0.6 is 11.8 Å². The maximum Gasteiger partial charge on any atom is 0.264 e. The summed E-state index contributed by atoms with van der Waals surface area (Å²) in [5.41, 5.74) is 1.66. The summed E-state index contributed by atoms with van der Waals surface area (Å²) in [6.07, 6.45) is 5.17. The van der Waals surface area contributed by atoms with Gasteiger partial charge in [0.25, 0.3) is 15.7 Å². The van der Waals surface area contributed by atoms with Gasteiger partial charge in [0.1, 0.15) is 5.82 Å². The highest BCUT2D eigenvalue weighted by Crippen LogP contribution is 2.33. The van der Waals surface area contributed by atoms with E-state index in [1.54, 1.807) is 17.8 Å². The predicted molar refractivity (Wildman–Crippen MR) is 105 cm³/mol. The van der Waals surface area contributed by atoms with Gasteiger partial charge in [0, 0.05) is 5.25 Å². The maximum atomic E-state index is 12.3. The summed E-state index contributed by atoms with van der Waals surface area (Å²) >= 11 is 1.77. The molecule has 0 saturated heterocycles. The average molecular weight is 397 g/mol. The number of nitrogens with zero attached hydrogens (tertiary/aromatic N) is 1. The van der Waals surface area contributed by atoms with Crippen molar-refractivity contribution in [3.05, 3.63) is 39.9 Å². The van der Waals surface area contributed by atoms with Crippen molar-refractivity contribution in [1.82, 2.24) is 9.97 Å². The highest BCUT2D eigenvalue weighted by molar-refractivity contribution is 7.99. The maximum absolute atomic E-state index is 12.3. The summed E-state index contributed by atoms with van der Waals surface area (Å²) < 4.78 is 27.3. The lowest BCUT2D eigenvalue weighted by Gasteiger charge is -2.28. The summed E-state index contributed by atoms with van der Waals surface area (Å²) in [4.78, 5) is 19.8. The summed E-state index contributed by atoms with van der Waals surface area (Å²) in [6.45, 7) is 2.22. The molecule has 1 aromatic heterocycles. The zero-order valence-electron chi connectivity index (χ0n) is 15.0. The van der Waals surface area contributed by atoms with Crippen LogP contribution in [-0.2, 0) is 20.1 Å². The average Bonchev–Trinajstić information content (AvgIpc) is 2.59. The van der Waals surface area contributed by atoms with E-state index in [2.05, 4.69) is 9.97 Å². The molecule has 1 saturated carbocycles. The molecule has 0 bridgehead atoms. The van der Waals surface area contributed by atoms with E-state index in [1.807, 2.05) is 19.1 Å². The minimum absolute atomic E-state index is 0.0997. The van der Waals surface area contributed by atoms with E-state index in [4.69, 9.17) is 4.18 Å². The fourth-order valence-electron chi connectivity index (χ4n) is 3.38. The first kappa shape index (κ1) is 19.4. The van der Waals surface area contributed by atoms with Crippen LogP contribution < -0.4 is 5.56 Å². The largest absolute Gasteiger partial charge is 0.309 e. The standard InChI is InChI=1S/C18H24N2O4S2/c1-12-5-3-8-15-17(12)19-16(20-18(15)21)11-25-14-7-4-6-13(9-14)10-24-26(2,22)23/h3,5,8,13-14H,4,6-7,9-11H2,1-2H3,(H,19,20,21). The Morgan fingerprint density at radius 1 is 1.35 bits per heavy atom. The molecule has 0 radical (unpaired) electrons. The van der Waals surface area contributed by atoms with Gasteiger partial charge < -0.3 is 4.98 Å². The fourth-order valence-corrected chi connectivity index (χ4v) is 5.09. The van der Waals surface area contributed by atoms with Gasteiger partial charge in [-0.1, -0.05) is 18.6 Å². The number of thioether (sulfide) groups is 1. The number of H-pyrrole nitrogens is 1. The van der Waals surface area contributed by atoms with Crippen LogP contribution in [0.25, 0.3) is 10.9 Å². The Balaban J connectivity index is 1.63. The molecule has 1 fully saturated rings. The van der Waals surface area contributed by atoms with Crippen LogP contribution in [0.1, 0.15) is 37.1 Å². The Morgan fingerprint density at radius 3 is 2.92 bits per heavy atom. The number of hydrogen-bond acceptors (Lipinski definition) is 6. The SMILES string of the molecule is Cc1cccc2c(=O)[nH]c(CSC3CCCC(COS(C)(=O)=O)C3)nc12. The normalized spacial score (nSPS) is 21.2. The zero-order chi connectivity index (χ0) is 18.7. The van der Waals surface area contributed by atoms with E-state index in [0.29, 0.717) is 22.2 Å². The minimum Gasteiger partial charge on any atom is -0.309 e. The van der Waals surface area contributed by atoms with Crippen molar-refractivity contribution in [2.75, 3.05) is 12.9 Å². The quantitative estimate of drug-likeness (QED) is 0.755. The molecular formula is C18H24N2O4S2. The summed E-state index contributed by atoms with van der Waals surface area (Å²) in [5.74, 6) is 1.60. The molecule has 2 atom stereocenters. The molecule has 0 aliphatic heterocycles. The summed E-state index contributed by atoms with van der Waals surface area (Å²) in [5, 5.41) is 1.05. The number of aromatic nitrogens is 2. The van der Waals surface area contributed by atoms with Crippen LogP contribution in [0.4, 0.5) is 0 Å². The summed E-state index contributed by atoms with van der Waals surface area (Å²) in [7, 11) is -3.38.